The van der Waals surface area contributed by atoms with Crippen LogP contribution in [0.3, 0.4) is 0 Å². The minimum absolute atomic E-state index is 0.0466. The molecule has 5 heteroatoms. The lowest BCUT2D eigenvalue weighted by Gasteiger charge is -2.29. The second-order valence-electron chi connectivity index (χ2n) is 7.83. The second kappa shape index (κ2) is 8.84. The number of carbonyl (C=O) groups is 1. The SMILES string of the molecule is Cc1ccc(C)c(N(C(=O)c2cccc(CS(=O)(=O)c3ccccc3)c2)C(C)C)c1. The third-order valence-electron chi connectivity index (χ3n) is 4.99. The lowest BCUT2D eigenvalue weighted by Crippen LogP contribution is -2.37. The van der Waals surface area contributed by atoms with Gasteiger partial charge in [0.15, 0.2) is 9.84 Å². The molecule has 0 aliphatic rings. The van der Waals surface area contributed by atoms with Crippen LogP contribution in [0, 0.1) is 13.8 Å². The van der Waals surface area contributed by atoms with Crippen molar-refractivity contribution in [1.29, 1.82) is 0 Å². The van der Waals surface area contributed by atoms with E-state index in [0.717, 1.165) is 16.8 Å². The zero-order valence-electron chi connectivity index (χ0n) is 17.8. The van der Waals surface area contributed by atoms with Gasteiger partial charge in [0, 0.05) is 17.3 Å². The number of sulfone groups is 1. The van der Waals surface area contributed by atoms with Crippen molar-refractivity contribution in [3.05, 3.63) is 95.1 Å². The van der Waals surface area contributed by atoms with Crippen molar-refractivity contribution < 1.29 is 13.2 Å². The summed E-state index contributed by atoms with van der Waals surface area (Å²) in [4.78, 5) is 15.5. The van der Waals surface area contributed by atoms with Crippen LogP contribution in [0.5, 0.6) is 0 Å². The quantitative estimate of drug-likeness (QED) is 0.540. The maximum absolute atomic E-state index is 13.4. The fourth-order valence-electron chi connectivity index (χ4n) is 3.46. The number of anilines is 1. The largest absolute Gasteiger partial charge is 0.306 e. The number of benzene rings is 3. The predicted octanol–water partition coefficient (Wildman–Crippen LogP) is 5.33. The van der Waals surface area contributed by atoms with E-state index < -0.39 is 9.84 Å². The van der Waals surface area contributed by atoms with Gasteiger partial charge in [-0.3, -0.25) is 4.79 Å². The standard InChI is InChI=1S/C25H27NO3S/c1-18(2)26(24-15-19(3)13-14-20(24)4)25(27)22-10-8-9-21(16-22)17-30(28,29)23-11-6-5-7-12-23/h5-16,18H,17H2,1-4H3. The molecule has 156 valence electrons. The Balaban J connectivity index is 1.94. The van der Waals surface area contributed by atoms with Gasteiger partial charge in [-0.25, -0.2) is 8.42 Å². The van der Waals surface area contributed by atoms with Gasteiger partial charge >= 0.3 is 0 Å². The van der Waals surface area contributed by atoms with Crippen LogP contribution in [0.4, 0.5) is 5.69 Å². The van der Waals surface area contributed by atoms with Gasteiger partial charge in [-0.1, -0.05) is 42.5 Å². The van der Waals surface area contributed by atoms with E-state index in [2.05, 4.69) is 0 Å². The summed E-state index contributed by atoms with van der Waals surface area (Å²) in [5, 5.41) is 0. The first-order valence-electron chi connectivity index (χ1n) is 9.96. The highest BCUT2D eigenvalue weighted by molar-refractivity contribution is 7.90. The van der Waals surface area contributed by atoms with Gasteiger partial charge in [-0.2, -0.15) is 0 Å². The van der Waals surface area contributed by atoms with Gasteiger partial charge in [0.05, 0.1) is 10.6 Å². The van der Waals surface area contributed by atoms with E-state index in [1.807, 2.05) is 45.9 Å². The summed E-state index contributed by atoms with van der Waals surface area (Å²) in [5.74, 6) is -0.291. The fourth-order valence-corrected chi connectivity index (χ4v) is 4.82. The molecule has 4 nitrogen and oxygen atoms in total. The molecular weight excluding hydrogens is 394 g/mol. The molecule has 0 radical (unpaired) electrons. The molecule has 0 atom stereocenters. The van der Waals surface area contributed by atoms with E-state index >= 15 is 0 Å². The Morgan fingerprint density at radius 1 is 0.900 bits per heavy atom. The Morgan fingerprint density at radius 3 is 2.27 bits per heavy atom. The van der Waals surface area contributed by atoms with Crippen molar-refractivity contribution in [3.63, 3.8) is 0 Å². The monoisotopic (exact) mass is 421 g/mol. The van der Waals surface area contributed by atoms with Gasteiger partial charge < -0.3 is 4.90 Å². The molecule has 0 heterocycles. The lowest BCUT2D eigenvalue weighted by atomic mass is 10.1. The van der Waals surface area contributed by atoms with E-state index in [4.69, 9.17) is 0 Å². The van der Waals surface area contributed by atoms with Gasteiger partial charge in [0.2, 0.25) is 0 Å². The Hall–Kier alpha value is -2.92. The third kappa shape index (κ3) is 4.79. The smallest absolute Gasteiger partial charge is 0.258 e. The molecule has 0 saturated heterocycles. The van der Waals surface area contributed by atoms with Crippen LogP contribution < -0.4 is 4.90 Å². The zero-order chi connectivity index (χ0) is 21.9. The van der Waals surface area contributed by atoms with E-state index in [1.54, 1.807) is 59.5 Å². The molecule has 0 aromatic heterocycles. The first kappa shape index (κ1) is 21.8. The predicted molar refractivity (Wildman–Crippen MR) is 122 cm³/mol. The average molecular weight is 422 g/mol. The highest BCUT2D eigenvalue weighted by Crippen LogP contribution is 2.26. The summed E-state index contributed by atoms with van der Waals surface area (Å²) in [6.45, 7) is 7.94. The minimum atomic E-state index is -3.48. The number of carbonyl (C=O) groups excluding carboxylic acids is 1. The maximum Gasteiger partial charge on any atom is 0.258 e. The van der Waals surface area contributed by atoms with Crippen molar-refractivity contribution in [1.82, 2.24) is 0 Å². The molecule has 0 spiro atoms. The van der Waals surface area contributed by atoms with Gasteiger partial charge in [0.25, 0.3) is 5.91 Å². The summed E-state index contributed by atoms with van der Waals surface area (Å²) in [6.07, 6.45) is 0. The van der Waals surface area contributed by atoms with Gasteiger partial charge in [-0.15, -0.1) is 0 Å². The van der Waals surface area contributed by atoms with Crippen LogP contribution in [-0.2, 0) is 15.6 Å². The molecule has 0 saturated carbocycles. The highest BCUT2D eigenvalue weighted by Gasteiger charge is 2.23. The fraction of sp³-hybridized carbons (Fsp3) is 0.240. The number of hydrogen-bond donors (Lipinski definition) is 0. The Morgan fingerprint density at radius 2 is 1.60 bits per heavy atom. The summed E-state index contributed by atoms with van der Waals surface area (Å²) >= 11 is 0. The molecule has 1 amide bonds. The summed E-state index contributed by atoms with van der Waals surface area (Å²) in [7, 11) is -3.48. The van der Waals surface area contributed by atoms with Crippen molar-refractivity contribution >= 4 is 21.4 Å². The first-order valence-corrected chi connectivity index (χ1v) is 11.6. The summed E-state index contributed by atoms with van der Waals surface area (Å²) in [6, 6.07) is 21.3. The average Bonchev–Trinajstić information content (AvgIpc) is 2.71. The van der Waals surface area contributed by atoms with Crippen molar-refractivity contribution in [2.24, 2.45) is 0 Å². The van der Waals surface area contributed by atoms with Crippen LogP contribution in [0.25, 0.3) is 0 Å². The van der Waals surface area contributed by atoms with Crippen LogP contribution in [0.2, 0.25) is 0 Å². The van der Waals surface area contributed by atoms with Crippen LogP contribution in [0.1, 0.15) is 40.9 Å². The van der Waals surface area contributed by atoms with Crippen LogP contribution in [0.15, 0.2) is 77.7 Å². The van der Waals surface area contributed by atoms with E-state index in [9.17, 15) is 13.2 Å². The molecule has 0 unspecified atom stereocenters. The lowest BCUT2D eigenvalue weighted by molar-refractivity contribution is 0.0980. The molecule has 0 aliphatic heterocycles. The van der Waals surface area contributed by atoms with Gasteiger partial charge in [-0.05, 0) is 74.7 Å². The number of amides is 1. The molecule has 0 N–H and O–H groups in total. The molecule has 3 rings (SSSR count). The van der Waals surface area contributed by atoms with Crippen LogP contribution in [-0.4, -0.2) is 20.4 Å². The normalized spacial score (nSPS) is 11.5. The van der Waals surface area contributed by atoms with Crippen molar-refractivity contribution in [2.45, 2.75) is 44.4 Å². The first-order chi connectivity index (χ1) is 14.2. The molecule has 0 bridgehead atoms. The number of nitrogens with zero attached hydrogens (tertiary/aromatic N) is 1. The van der Waals surface area contributed by atoms with E-state index in [0.29, 0.717) is 11.1 Å². The summed E-state index contributed by atoms with van der Waals surface area (Å²) < 4.78 is 25.5. The summed E-state index contributed by atoms with van der Waals surface area (Å²) in [5.41, 5.74) is 4.04. The molecule has 0 aliphatic carbocycles. The van der Waals surface area contributed by atoms with Crippen LogP contribution >= 0.6 is 0 Å². The topological polar surface area (TPSA) is 54.5 Å². The Labute approximate surface area is 179 Å². The van der Waals surface area contributed by atoms with E-state index in [1.165, 1.54) is 0 Å². The number of rotatable bonds is 6. The molecule has 0 fully saturated rings. The molecule has 3 aromatic rings. The molecule has 30 heavy (non-hydrogen) atoms. The maximum atomic E-state index is 13.4. The van der Waals surface area contributed by atoms with E-state index in [-0.39, 0.29) is 22.6 Å². The second-order valence-corrected chi connectivity index (χ2v) is 9.82. The molecule has 3 aromatic carbocycles. The van der Waals surface area contributed by atoms with Crippen molar-refractivity contribution in [2.75, 3.05) is 4.90 Å². The van der Waals surface area contributed by atoms with Crippen molar-refractivity contribution in [3.8, 4) is 0 Å². The van der Waals surface area contributed by atoms with Gasteiger partial charge in [0.1, 0.15) is 0 Å². The Bertz CT molecular complexity index is 1150. The molecular formula is C25H27NO3S. The third-order valence-corrected chi connectivity index (χ3v) is 6.70. The Kier molecular flexibility index (Phi) is 6.42. The number of hydrogen-bond acceptors (Lipinski definition) is 3. The highest BCUT2D eigenvalue weighted by atomic mass is 32.2. The number of aryl methyl sites for hydroxylation is 2. The minimum Gasteiger partial charge on any atom is -0.306 e. The zero-order valence-corrected chi connectivity index (χ0v) is 18.6.